The van der Waals surface area contributed by atoms with Crippen LogP contribution >= 0.6 is 11.6 Å². The number of halogens is 1. The van der Waals surface area contributed by atoms with Gasteiger partial charge in [-0.25, -0.2) is 4.79 Å². The monoisotopic (exact) mass is 312 g/mol. The molecule has 1 rings (SSSR count). The second-order valence-electron chi connectivity index (χ2n) is 6.74. The van der Waals surface area contributed by atoms with Crippen LogP contribution in [0.3, 0.4) is 0 Å². The minimum Gasteiger partial charge on any atom is -0.444 e. The van der Waals surface area contributed by atoms with Crippen LogP contribution in [0.2, 0.25) is 5.02 Å². The summed E-state index contributed by atoms with van der Waals surface area (Å²) in [5.74, 6) is 0. The molecule has 4 nitrogen and oxygen atoms in total. The Morgan fingerprint density at radius 2 is 1.86 bits per heavy atom. The fourth-order valence-corrected chi connectivity index (χ4v) is 1.96. The average Bonchev–Trinajstić information content (AvgIpc) is 2.30. The number of nitrogens with one attached hydrogen (secondary N) is 2. The van der Waals surface area contributed by atoms with Crippen LogP contribution in [0, 0.1) is 0 Å². The van der Waals surface area contributed by atoms with Crippen molar-refractivity contribution in [3.63, 3.8) is 0 Å². The smallest absolute Gasteiger partial charge is 0.412 e. The number of likely N-dealkylation sites (N-methyl/N-ethyl adjacent to an activating group) is 1. The minimum absolute atomic E-state index is 0.0752. The van der Waals surface area contributed by atoms with Gasteiger partial charge in [-0.1, -0.05) is 11.6 Å². The van der Waals surface area contributed by atoms with E-state index in [0.29, 0.717) is 10.7 Å². The molecule has 1 aromatic rings. The van der Waals surface area contributed by atoms with Crippen molar-refractivity contribution >= 4 is 23.4 Å². The van der Waals surface area contributed by atoms with Crippen molar-refractivity contribution in [3.8, 4) is 0 Å². The highest BCUT2D eigenvalue weighted by Crippen LogP contribution is 2.25. The molecule has 0 radical (unpaired) electrons. The zero-order valence-electron chi connectivity index (χ0n) is 13.6. The lowest BCUT2D eigenvalue weighted by atomic mass is 9.95. The maximum atomic E-state index is 11.8. The Hall–Kier alpha value is -1.26. The highest BCUT2D eigenvalue weighted by molar-refractivity contribution is 6.31. The number of hydrogen-bond donors (Lipinski definition) is 2. The number of ether oxygens (including phenoxy) is 1. The van der Waals surface area contributed by atoms with Crippen LogP contribution in [0.15, 0.2) is 18.2 Å². The van der Waals surface area contributed by atoms with Gasteiger partial charge in [0.25, 0.3) is 0 Å². The summed E-state index contributed by atoms with van der Waals surface area (Å²) in [6.07, 6.45) is 0.287. The first-order valence-corrected chi connectivity index (χ1v) is 7.37. The maximum absolute atomic E-state index is 11.8. The Balaban J connectivity index is 2.85. The zero-order valence-corrected chi connectivity index (χ0v) is 14.4. The highest BCUT2D eigenvalue weighted by atomic mass is 35.5. The number of benzene rings is 1. The Morgan fingerprint density at radius 3 is 2.38 bits per heavy atom. The Bertz CT molecular complexity index is 507. The van der Waals surface area contributed by atoms with E-state index in [-0.39, 0.29) is 5.54 Å². The normalized spacial score (nSPS) is 12.1. The van der Waals surface area contributed by atoms with Crippen LogP contribution in [-0.4, -0.2) is 24.3 Å². The summed E-state index contributed by atoms with van der Waals surface area (Å²) in [6, 6.07) is 5.43. The number of carbonyl (C=O) groups is 1. The van der Waals surface area contributed by atoms with Crippen LogP contribution < -0.4 is 10.6 Å². The van der Waals surface area contributed by atoms with Crippen LogP contribution in [0.5, 0.6) is 0 Å². The molecule has 0 unspecified atom stereocenters. The Morgan fingerprint density at radius 1 is 1.24 bits per heavy atom. The van der Waals surface area contributed by atoms with Crippen molar-refractivity contribution in [2.45, 2.75) is 52.2 Å². The molecule has 5 heteroatoms. The first kappa shape index (κ1) is 17.8. The van der Waals surface area contributed by atoms with Crippen molar-refractivity contribution in [2.75, 3.05) is 12.4 Å². The largest absolute Gasteiger partial charge is 0.444 e. The topological polar surface area (TPSA) is 50.4 Å². The lowest BCUT2D eigenvalue weighted by Gasteiger charge is -2.25. The van der Waals surface area contributed by atoms with Gasteiger partial charge in [-0.2, -0.15) is 0 Å². The zero-order chi connectivity index (χ0) is 16.3. The number of carbonyl (C=O) groups excluding carboxylic acids is 1. The molecule has 118 valence electrons. The van der Waals surface area contributed by atoms with Crippen molar-refractivity contribution < 1.29 is 9.53 Å². The second kappa shape index (κ2) is 6.67. The van der Waals surface area contributed by atoms with Crippen molar-refractivity contribution in [1.82, 2.24) is 5.32 Å². The van der Waals surface area contributed by atoms with E-state index in [1.165, 1.54) is 0 Å². The quantitative estimate of drug-likeness (QED) is 0.875. The van der Waals surface area contributed by atoms with Crippen LogP contribution in [-0.2, 0) is 11.2 Å². The molecule has 0 aromatic heterocycles. The van der Waals surface area contributed by atoms with E-state index in [1.54, 1.807) is 12.1 Å². The molecule has 0 saturated carbocycles. The number of anilines is 1. The third kappa shape index (κ3) is 6.36. The summed E-state index contributed by atoms with van der Waals surface area (Å²) in [5.41, 5.74) is 1.06. The maximum Gasteiger partial charge on any atom is 0.412 e. The van der Waals surface area contributed by atoms with Gasteiger partial charge >= 0.3 is 6.09 Å². The summed E-state index contributed by atoms with van der Waals surface area (Å²) in [7, 11) is 1.91. The molecule has 0 aliphatic carbocycles. The van der Waals surface area contributed by atoms with Crippen LogP contribution in [0.1, 0.15) is 40.2 Å². The average molecular weight is 313 g/mol. The predicted octanol–water partition coefficient (Wildman–Crippen LogP) is 4.23. The summed E-state index contributed by atoms with van der Waals surface area (Å²) in [4.78, 5) is 11.8. The molecule has 0 spiro atoms. The van der Waals surface area contributed by atoms with Gasteiger partial charge < -0.3 is 10.1 Å². The van der Waals surface area contributed by atoms with Gasteiger partial charge in [-0.3, -0.25) is 5.32 Å². The van der Waals surface area contributed by atoms with Gasteiger partial charge in [-0.05, 0) is 71.8 Å². The summed E-state index contributed by atoms with van der Waals surface area (Å²) < 4.78 is 5.24. The van der Waals surface area contributed by atoms with Crippen molar-refractivity contribution in [2.24, 2.45) is 0 Å². The molecule has 1 aromatic carbocycles. The van der Waals surface area contributed by atoms with Gasteiger partial charge in [0, 0.05) is 16.2 Å². The lowest BCUT2D eigenvalue weighted by Crippen LogP contribution is -2.38. The third-order valence-electron chi connectivity index (χ3n) is 3.00. The van der Waals surface area contributed by atoms with Gasteiger partial charge in [0.1, 0.15) is 5.60 Å². The number of rotatable bonds is 4. The van der Waals surface area contributed by atoms with E-state index in [0.717, 1.165) is 12.0 Å². The minimum atomic E-state index is -0.520. The second-order valence-corrected chi connectivity index (χ2v) is 7.15. The van der Waals surface area contributed by atoms with Crippen LogP contribution in [0.25, 0.3) is 0 Å². The summed E-state index contributed by atoms with van der Waals surface area (Å²) in [5, 5.41) is 6.66. The van der Waals surface area contributed by atoms with Gasteiger partial charge in [0.05, 0.1) is 0 Å². The molecule has 0 atom stereocenters. The van der Waals surface area contributed by atoms with E-state index < -0.39 is 11.7 Å². The fraction of sp³-hybridized carbons (Fsp3) is 0.562. The fourth-order valence-electron chi connectivity index (χ4n) is 1.77. The van der Waals surface area contributed by atoms with Crippen LogP contribution in [0.4, 0.5) is 10.5 Å². The molecule has 0 heterocycles. The van der Waals surface area contributed by atoms with E-state index in [9.17, 15) is 4.79 Å². The van der Waals surface area contributed by atoms with E-state index in [1.807, 2.05) is 33.9 Å². The molecule has 0 aliphatic heterocycles. The van der Waals surface area contributed by atoms with Crippen molar-refractivity contribution in [3.05, 3.63) is 28.8 Å². The summed E-state index contributed by atoms with van der Waals surface area (Å²) in [6.45, 7) is 9.68. The highest BCUT2D eigenvalue weighted by Gasteiger charge is 2.19. The van der Waals surface area contributed by atoms with E-state index >= 15 is 0 Å². The molecule has 1 amide bonds. The molecule has 0 bridgehead atoms. The molecular formula is C16H25ClN2O2. The standard InChI is InChI=1S/C16H25ClN2O2/c1-15(2,3)21-14(20)19-12-7-8-13(17)11(9-12)10-16(4,5)18-6/h7-9,18H,10H2,1-6H3,(H,19,20). The molecule has 0 saturated heterocycles. The van der Waals surface area contributed by atoms with E-state index in [4.69, 9.17) is 16.3 Å². The van der Waals surface area contributed by atoms with Gasteiger partial charge in [-0.15, -0.1) is 0 Å². The summed E-state index contributed by atoms with van der Waals surface area (Å²) >= 11 is 6.23. The first-order chi connectivity index (χ1) is 9.52. The lowest BCUT2D eigenvalue weighted by molar-refractivity contribution is 0.0636. The molecule has 0 aliphatic rings. The van der Waals surface area contributed by atoms with Gasteiger partial charge in [0.15, 0.2) is 0 Å². The number of amides is 1. The molecule has 21 heavy (non-hydrogen) atoms. The number of hydrogen-bond acceptors (Lipinski definition) is 3. The van der Waals surface area contributed by atoms with Crippen molar-refractivity contribution in [1.29, 1.82) is 0 Å². The Labute approximate surface area is 132 Å². The molecular weight excluding hydrogens is 288 g/mol. The molecule has 2 N–H and O–H groups in total. The predicted molar refractivity (Wildman–Crippen MR) is 88.2 cm³/mol. The third-order valence-corrected chi connectivity index (χ3v) is 3.37. The first-order valence-electron chi connectivity index (χ1n) is 7.00. The molecule has 0 fully saturated rings. The SMILES string of the molecule is CNC(C)(C)Cc1cc(NC(=O)OC(C)(C)C)ccc1Cl. The Kier molecular flexibility index (Phi) is 5.65. The van der Waals surface area contributed by atoms with Gasteiger partial charge in [0.2, 0.25) is 0 Å². The van der Waals surface area contributed by atoms with E-state index in [2.05, 4.69) is 24.5 Å².